The van der Waals surface area contributed by atoms with Gasteiger partial charge in [-0.3, -0.25) is 4.79 Å². The molecular weight excluding hydrogens is 350 g/mol. The van der Waals surface area contributed by atoms with Crippen LogP contribution in [0.15, 0.2) is 54.7 Å². The molecule has 0 fully saturated rings. The molecule has 0 atom stereocenters. The van der Waals surface area contributed by atoms with Gasteiger partial charge in [0.15, 0.2) is 12.1 Å². The van der Waals surface area contributed by atoms with Gasteiger partial charge in [-0.25, -0.2) is 15.0 Å². The van der Waals surface area contributed by atoms with Crippen molar-refractivity contribution in [3.8, 4) is 28.5 Å². The molecular formula is C23H19N3O2. The van der Waals surface area contributed by atoms with Crippen LogP contribution in [0.5, 0.6) is 5.75 Å². The number of carbonyl (C=O) groups is 1. The predicted molar refractivity (Wildman–Crippen MR) is 110 cm³/mol. The number of aromatic nitrogens is 3. The van der Waals surface area contributed by atoms with E-state index >= 15 is 0 Å². The summed E-state index contributed by atoms with van der Waals surface area (Å²) >= 11 is 0. The number of aldehydes is 1. The molecule has 5 nitrogen and oxygen atoms in total. The zero-order chi connectivity index (χ0) is 19.7. The maximum atomic E-state index is 11.4. The molecule has 0 radical (unpaired) electrons. The standard InChI is InChI=1S/C23H19N3O2/c1-14-4-7-19-17(10-14)12-24-23(26-19)20-8-5-15(2)22(25-20)16-6-9-21(28-3)18(11-16)13-27/h4-13H,1-3H3. The number of nitrogens with zero attached hydrogens (tertiary/aromatic N) is 3. The van der Waals surface area contributed by atoms with Gasteiger partial charge >= 0.3 is 0 Å². The van der Waals surface area contributed by atoms with Crippen LogP contribution in [-0.2, 0) is 0 Å². The third kappa shape index (κ3) is 3.22. The fourth-order valence-electron chi connectivity index (χ4n) is 3.20. The minimum Gasteiger partial charge on any atom is -0.496 e. The maximum absolute atomic E-state index is 11.4. The molecule has 5 heteroatoms. The average Bonchev–Trinajstić information content (AvgIpc) is 2.73. The molecule has 4 aromatic rings. The lowest BCUT2D eigenvalue weighted by Crippen LogP contribution is -1.97. The first-order chi connectivity index (χ1) is 13.6. The van der Waals surface area contributed by atoms with Crippen molar-refractivity contribution in [1.29, 1.82) is 0 Å². The van der Waals surface area contributed by atoms with Crippen molar-refractivity contribution in [2.45, 2.75) is 13.8 Å². The summed E-state index contributed by atoms with van der Waals surface area (Å²) in [5.41, 5.74) is 5.87. The number of ether oxygens (including phenoxy) is 1. The first kappa shape index (κ1) is 17.8. The molecule has 0 aliphatic carbocycles. The summed E-state index contributed by atoms with van der Waals surface area (Å²) in [7, 11) is 1.55. The van der Waals surface area contributed by atoms with Crippen LogP contribution in [0.3, 0.4) is 0 Å². The Morgan fingerprint density at radius 3 is 2.61 bits per heavy atom. The highest BCUT2D eigenvalue weighted by atomic mass is 16.5. The molecule has 0 bridgehead atoms. The summed E-state index contributed by atoms with van der Waals surface area (Å²) in [6.07, 6.45) is 2.61. The minimum absolute atomic E-state index is 0.490. The zero-order valence-corrected chi connectivity index (χ0v) is 15.9. The predicted octanol–water partition coefficient (Wildman–Crippen LogP) is 4.80. The molecule has 2 heterocycles. The molecule has 0 saturated heterocycles. The Bertz CT molecular complexity index is 1200. The van der Waals surface area contributed by atoms with Crippen molar-refractivity contribution in [1.82, 2.24) is 15.0 Å². The van der Waals surface area contributed by atoms with E-state index in [2.05, 4.69) is 16.0 Å². The molecule has 0 saturated carbocycles. The molecule has 138 valence electrons. The minimum atomic E-state index is 0.490. The van der Waals surface area contributed by atoms with Gasteiger partial charge in [0.05, 0.1) is 23.9 Å². The van der Waals surface area contributed by atoms with Gasteiger partial charge < -0.3 is 4.74 Å². The SMILES string of the molecule is COc1ccc(-c2nc(-c3ncc4cc(C)ccc4n3)ccc2C)cc1C=O. The van der Waals surface area contributed by atoms with E-state index < -0.39 is 0 Å². The normalized spacial score (nSPS) is 10.8. The molecule has 0 amide bonds. The number of hydrogen-bond donors (Lipinski definition) is 0. The monoisotopic (exact) mass is 369 g/mol. The number of aryl methyl sites for hydroxylation is 2. The zero-order valence-electron chi connectivity index (χ0n) is 15.9. The molecule has 0 spiro atoms. The van der Waals surface area contributed by atoms with Crippen LogP contribution in [-0.4, -0.2) is 28.3 Å². The summed E-state index contributed by atoms with van der Waals surface area (Å²) in [5, 5.41) is 1.00. The van der Waals surface area contributed by atoms with E-state index in [1.165, 1.54) is 5.56 Å². The van der Waals surface area contributed by atoms with Gasteiger partial charge in [-0.05, 0) is 55.8 Å². The molecule has 4 rings (SSSR count). The lowest BCUT2D eigenvalue weighted by atomic mass is 10.0. The number of benzene rings is 2. The molecule has 0 unspecified atom stereocenters. The highest BCUT2D eigenvalue weighted by molar-refractivity contribution is 5.83. The number of pyridine rings is 1. The van der Waals surface area contributed by atoms with Gasteiger partial charge in [-0.15, -0.1) is 0 Å². The summed E-state index contributed by atoms with van der Waals surface area (Å²) < 4.78 is 5.23. The van der Waals surface area contributed by atoms with E-state index in [0.29, 0.717) is 22.8 Å². The summed E-state index contributed by atoms with van der Waals surface area (Å²) in [6, 6.07) is 15.5. The van der Waals surface area contributed by atoms with Crippen molar-refractivity contribution >= 4 is 17.2 Å². The third-order valence-corrected chi connectivity index (χ3v) is 4.69. The average molecular weight is 369 g/mol. The van der Waals surface area contributed by atoms with Crippen LogP contribution < -0.4 is 4.74 Å². The topological polar surface area (TPSA) is 65.0 Å². The van der Waals surface area contributed by atoms with Gasteiger partial charge in [-0.1, -0.05) is 17.7 Å². The van der Waals surface area contributed by atoms with Crippen LogP contribution in [0.25, 0.3) is 33.7 Å². The first-order valence-corrected chi connectivity index (χ1v) is 8.94. The van der Waals surface area contributed by atoms with E-state index in [4.69, 9.17) is 9.72 Å². The summed E-state index contributed by atoms with van der Waals surface area (Å²) in [5.74, 6) is 1.11. The maximum Gasteiger partial charge on any atom is 0.178 e. The second-order valence-electron chi connectivity index (χ2n) is 6.69. The quantitative estimate of drug-likeness (QED) is 0.484. The van der Waals surface area contributed by atoms with Crippen molar-refractivity contribution in [2.24, 2.45) is 0 Å². The van der Waals surface area contributed by atoms with Crippen LogP contribution in [0.2, 0.25) is 0 Å². The Morgan fingerprint density at radius 1 is 0.964 bits per heavy atom. The van der Waals surface area contributed by atoms with Gasteiger partial charge in [0.25, 0.3) is 0 Å². The van der Waals surface area contributed by atoms with Crippen molar-refractivity contribution < 1.29 is 9.53 Å². The molecule has 28 heavy (non-hydrogen) atoms. The summed E-state index contributed by atoms with van der Waals surface area (Å²) in [6.45, 7) is 4.03. The van der Waals surface area contributed by atoms with Crippen molar-refractivity contribution in [2.75, 3.05) is 7.11 Å². The fourth-order valence-corrected chi connectivity index (χ4v) is 3.20. The van der Waals surface area contributed by atoms with Crippen molar-refractivity contribution in [3.63, 3.8) is 0 Å². The van der Waals surface area contributed by atoms with E-state index in [9.17, 15) is 4.79 Å². The third-order valence-electron chi connectivity index (χ3n) is 4.69. The molecule has 0 N–H and O–H groups in total. The number of hydrogen-bond acceptors (Lipinski definition) is 5. The van der Waals surface area contributed by atoms with Gasteiger partial charge in [-0.2, -0.15) is 0 Å². The Kier molecular flexibility index (Phi) is 4.57. The number of fused-ring (bicyclic) bond motifs is 1. The van der Waals surface area contributed by atoms with Crippen LogP contribution >= 0.6 is 0 Å². The second-order valence-corrected chi connectivity index (χ2v) is 6.69. The highest BCUT2D eigenvalue weighted by Crippen LogP contribution is 2.28. The van der Waals surface area contributed by atoms with E-state index in [0.717, 1.165) is 34.0 Å². The van der Waals surface area contributed by atoms with E-state index in [-0.39, 0.29) is 0 Å². The van der Waals surface area contributed by atoms with Crippen molar-refractivity contribution in [3.05, 3.63) is 71.4 Å². The van der Waals surface area contributed by atoms with Gasteiger partial charge in [0.1, 0.15) is 11.4 Å². The largest absolute Gasteiger partial charge is 0.496 e. The van der Waals surface area contributed by atoms with Crippen LogP contribution in [0.1, 0.15) is 21.5 Å². The lowest BCUT2D eigenvalue weighted by Gasteiger charge is -2.10. The fraction of sp³-hybridized carbons (Fsp3) is 0.130. The Labute approximate surface area is 163 Å². The Morgan fingerprint density at radius 2 is 1.82 bits per heavy atom. The Hall–Kier alpha value is -3.60. The van der Waals surface area contributed by atoms with Gasteiger partial charge in [0.2, 0.25) is 0 Å². The molecule has 2 aromatic carbocycles. The Balaban J connectivity index is 1.81. The second kappa shape index (κ2) is 7.19. The number of methoxy groups -OCH3 is 1. The molecule has 0 aliphatic rings. The molecule has 2 aromatic heterocycles. The van der Waals surface area contributed by atoms with E-state index in [1.807, 2.05) is 50.4 Å². The summed E-state index contributed by atoms with van der Waals surface area (Å²) in [4.78, 5) is 25.3. The van der Waals surface area contributed by atoms with E-state index in [1.54, 1.807) is 19.2 Å². The smallest absolute Gasteiger partial charge is 0.178 e. The first-order valence-electron chi connectivity index (χ1n) is 8.94. The highest BCUT2D eigenvalue weighted by Gasteiger charge is 2.12. The van der Waals surface area contributed by atoms with Crippen LogP contribution in [0.4, 0.5) is 0 Å². The number of rotatable bonds is 4. The number of carbonyl (C=O) groups excluding carboxylic acids is 1. The molecule has 0 aliphatic heterocycles. The van der Waals surface area contributed by atoms with Gasteiger partial charge in [0, 0.05) is 17.1 Å². The van der Waals surface area contributed by atoms with Crippen LogP contribution in [0, 0.1) is 13.8 Å². The lowest BCUT2D eigenvalue weighted by molar-refractivity contribution is 0.112.